The maximum Gasteiger partial charge on any atom is 0.255 e. The van der Waals surface area contributed by atoms with Gasteiger partial charge >= 0.3 is 0 Å². The quantitative estimate of drug-likeness (QED) is 0.898. The van der Waals surface area contributed by atoms with Gasteiger partial charge in [0.15, 0.2) is 5.82 Å². The molecule has 0 aliphatic heterocycles. The summed E-state index contributed by atoms with van der Waals surface area (Å²) in [5.74, 6) is -0.354. The normalized spacial score (nSPS) is 10.2. The van der Waals surface area contributed by atoms with E-state index in [1.165, 1.54) is 12.3 Å². The maximum absolute atomic E-state index is 13.5. The average Bonchev–Trinajstić information content (AvgIpc) is 2.48. The Morgan fingerprint density at radius 1 is 1.40 bits per heavy atom. The molecule has 20 heavy (non-hydrogen) atoms. The van der Waals surface area contributed by atoms with Gasteiger partial charge < -0.3 is 10.6 Å². The third-order valence-electron chi connectivity index (χ3n) is 2.78. The van der Waals surface area contributed by atoms with Gasteiger partial charge in [0.2, 0.25) is 0 Å². The molecule has 0 spiro atoms. The van der Waals surface area contributed by atoms with Crippen LogP contribution in [0.15, 0.2) is 30.6 Å². The lowest BCUT2D eigenvalue weighted by Crippen LogP contribution is -2.14. The van der Waals surface area contributed by atoms with Crippen LogP contribution in [-0.2, 0) is 6.42 Å². The summed E-state index contributed by atoms with van der Waals surface area (Å²) in [4.78, 5) is 20.1. The van der Waals surface area contributed by atoms with Gasteiger partial charge in [-0.1, -0.05) is 6.92 Å². The summed E-state index contributed by atoms with van der Waals surface area (Å²) in [6, 6.07) is 4.72. The molecule has 6 heteroatoms. The van der Waals surface area contributed by atoms with E-state index in [9.17, 15) is 9.18 Å². The Morgan fingerprint density at radius 2 is 2.20 bits per heavy atom. The average molecular weight is 274 g/mol. The first-order valence-electron chi connectivity index (χ1n) is 6.23. The molecule has 0 aliphatic carbocycles. The second kappa shape index (κ2) is 6.10. The predicted octanol–water partition coefficient (Wildman–Crippen LogP) is 2.47. The van der Waals surface area contributed by atoms with Crippen LogP contribution in [0.25, 0.3) is 0 Å². The number of carbonyl (C=O) groups is 1. The van der Waals surface area contributed by atoms with E-state index < -0.39 is 5.82 Å². The third kappa shape index (κ3) is 3.09. The van der Waals surface area contributed by atoms with Gasteiger partial charge in [0.25, 0.3) is 5.91 Å². The zero-order valence-corrected chi connectivity index (χ0v) is 11.3. The molecule has 0 unspecified atom stereocenters. The highest BCUT2D eigenvalue weighted by molar-refractivity contribution is 6.04. The van der Waals surface area contributed by atoms with Crippen LogP contribution < -0.4 is 10.6 Å². The highest BCUT2D eigenvalue weighted by Gasteiger charge is 2.11. The molecule has 2 heterocycles. The van der Waals surface area contributed by atoms with E-state index in [1.54, 1.807) is 19.2 Å². The van der Waals surface area contributed by atoms with Crippen LogP contribution >= 0.6 is 0 Å². The fourth-order valence-electron chi connectivity index (χ4n) is 1.70. The highest BCUT2D eigenvalue weighted by atomic mass is 19.1. The molecule has 0 aromatic carbocycles. The van der Waals surface area contributed by atoms with Crippen molar-refractivity contribution in [2.24, 2.45) is 0 Å². The van der Waals surface area contributed by atoms with Crippen molar-refractivity contribution in [3.8, 4) is 0 Å². The fraction of sp³-hybridized carbons (Fsp3) is 0.214. The molecule has 2 aromatic heterocycles. The number of aryl methyl sites for hydroxylation is 1. The Morgan fingerprint density at radius 3 is 2.85 bits per heavy atom. The van der Waals surface area contributed by atoms with Gasteiger partial charge in [-0.2, -0.15) is 0 Å². The molecule has 0 atom stereocenters. The van der Waals surface area contributed by atoms with Crippen molar-refractivity contribution < 1.29 is 9.18 Å². The number of pyridine rings is 2. The summed E-state index contributed by atoms with van der Waals surface area (Å²) in [5.41, 5.74) is 1.32. The number of nitrogens with one attached hydrogen (secondary N) is 2. The molecule has 1 amide bonds. The van der Waals surface area contributed by atoms with E-state index in [2.05, 4.69) is 20.6 Å². The number of rotatable bonds is 4. The zero-order valence-electron chi connectivity index (χ0n) is 11.3. The minimum Gasteiger partial charge on any atom is -0.373 e. The lowest BCUT2D eigenvalue weighted by molar-refractivity contribution is 0.102. The van der Waals surface area contributed by atoms with Crippen LogP contribution in [0, 0.1) is 5.82 Å². The SMILES string of the molecule is CCc1cc(C(=O)Nc2ccncc2F)cc(NC)n1. The van der Waals surface area contributed by atoms with Crippen molar-refractivity contribution in [3.63, 3.8) is 0 Å². The summed E-state index contributed by atoms with van der Waals surface area (Å²) in [7, 11) is 1.73. The summed E-state index contributed by atoms with van der Waals surface area (Å²) < 4.78 is 13.5. The van der Waals surface area contributed by atoms with Gasteiger partial charge in [-0.25, -0.2) is 9.37 Å². The van der Waals surface area contributed by atoms with Crippen LogP contribution in [0.3, 0.4) is 0 Å². The molecule has 0 bridgehead atoms. The van der Waals surface area contributed by atoms with Crippen LogP contribution in [0.5, 0.6) is 0 Å². The van der Waals surface area contributed by atoms with Crippen LogP contribution in [0.4, 0.5) is 15.9 Å². The molecule has 0 saturated heterocycles. The van der Waals surface area contributed by atoms with Crippen LogP contribution in [-0.4, -0.2) is 22.9 Å². The van der Waals surface area contributed by atoms with E-state index in [0.29, 0.717) is 17.8 Å². The van der Waals surface area contributed by atoms with Crippen molar-refractivity contribution in [2.75, 3.05) is 17.7 Å². The zero-order chi connectivity index (χ0) is 14.5. The van der Waals surface area contributed by atoms with E-state index in [1.807, 2.05) is 6.92 Å². The minimum atomic E-state index is -0.570. The smallest absolute Gasteiger partial charge is 0.255 e. The monoisotopic (exact) mass is 274 g/mol. The molecule has 2 rings (SSSR count). The molecule has 2 N–H and O–H groups in total. The fourth-order valence-corrected chi connectivity index (χ4v) is 1.70. The summed E-state index contributed by atoms with van der Waals surface area (Å²) >= 11 is 0. The Bertz CT molecular complexity index is 608. The molecule has 0 fully saturated rings. The first kappa shape index (κ1) is 13.9. The number of hydrogen-bond acceptors (Lipinski definition) is 4. The first-order valence-corrected chi connectivity index (χ1v) is 6.23. The second-order valence-corrected chi connectivity index (χ2v) is 4.15. The largest absolute Gasteiger partial charge is 0.373 e. The van der Waals surface area contributed by atoms with Gasteiger partial charge in [0.05, 0.1) is 11.9 Å². The number of nitrogens with zero attached hydrogens (tertiary/aromatic N) is 2. The van der Waals surface area contributed by atoms with Crippen molar-refractivity contribution in [3.05, 3.63) is 47.7 Å². The molecule has 0 aliphatic rings. The predicted molar refractivity (Wildman–Crippen MR) is 75.3 cm³/mol. The molecule has 5 nitrogen and oxygen atoms in total. The van der Waals surface area contributed by atoms with Crippen molar-refractivity contribution >= 4 is 17.4 Å². The number of anilines is 2. The third-order valence-corrected chi connectivity index (χ3v) is 2.78. The highest BCUT2D eigenvalue weighted by Crippen LogP contribution is 2.15. The van der Waals surface area contributed by atoms with Gasteiger partial charge in [-0.3, -0.25) is 9.78 Å². The van der Waals surface area contributed by atoms with E-state index in [4.69, 9.17) is 0 Å². The summed E-state index contributed by atoms with van der Waals surface area (Å²) in [6.45, 7) is 1.95. The lowest BCUT2D eigenvalue weighted by Gasteiger charge is -2.09. The van der Waals surface area contributed by atoms with Gasteiger partial charge in [0.1, 0.15) is 5.82 Å². The standard InChI is InChI=1S/C14H15FN4O/c1-3-10-6-9(7-13(16-2)18-10)14(20)19-12-4-5-17-8-11(12)15/h4-8H,3H2,1-2H3,(H,16,18)(H,17,19,20). The number of hydrogen-bond donors (Lipinski definition) is 2. The molecule has 0 radical (unpaired) electrons. The number of amides is 1. The van der Waals surface area contributed by atoms with Crippen LogP contribution in [0.1, 0.15) is 23.0 Å². The Kier molecular flexibility index (Phi) is 4.24. The van der Waals surface area contributed by atoms with E-state index in [-0.39, 0.29) is 11.6 Å². The lowest BCUT2D eigenvalue weighted by atomic mass is 10.1. The first-order chi connectivity index (χ1) is 9.63. The van der Waals surface area contributed by atoms with Gasteiger partial charge in [0, 0.05) is 24.5 Å². The summed E-state index contributed by atoms with van der Waals surface area (Å²) in [5, 5.41) is 5.42. The summed E-state index contributed by atoms with van der Waals surface area (Å²) in [6.07, 6.45) is 3.18. The van der Waals surface area contributed by atoms with E-state index >= 15 is 0 Å². The van der Waals surface area contributed by atoms with Gasteiger partial charge in [-0.05, 0) is 24.6 Å². The van der Waals surface area contributed by atoms with Crippen molar-refractivity contribution in [1.29, 1.82) is 0 Å². The second-order valence-electron chi connectivity index (χ2n) is 4.15. The van der Waals surface area contributed by atoms with Crippen LogP contribution in [0.2, 0.25) is 0 Å². The molecule has 0 saturated carbocycles. The minimum absolute atomic E-state index is 0.103. The Labute approximate surface area is 116 Å². The van der Waals surface area contributed by atoms with Crippen molar-refractivity contribution in [1.82, 2.24) is 9.97 Å². The molecule has 104 valence electrons. The Balaban J connectivity index is 2.27. The number of aromatic nitrogens is 2. The molecular weight excluding hydrogens is 259 g/mol. The maximum atomic E-state index is 13.5. The van der Waals surface area contributed by atoms with Crippen molar-refractivity contribution in [2.45, 2.75) is 13.3 Å². The van der Waals surface area contributed by atoms with Gasteiger partial charge in [-0.15, -0.1) is 0 Å². The molecule has 2 aromatic rings. The number of halogens is 1. The number of carbonyl (C=O) groups excluding carboxylic acids is 1. The van der Waals surface area contributed by atoms with E-state index in [0.717, 1.165) is 11.9 Å². The Hall–Kier alpha value is -2.50. The molecular formula is C14H15FN4O. The topological polar surface area (TPSA) is 66.9 Å².